The van der Waals surface area contributed by atoms with Crippen molar-refractivity contribution >= 4 is 27.4 Å². The lowest BCUT2D eigenvalue weighted by Gasteiger charge is -2.07. The summed E-state index contributed by atoms with van der Waals surface area (Å²) in [5, 5.41) is 8.39. The second-order valence-corrected chi connectivity index (χ2v) is 5.05. The summed E-state index contributed by atoms with van der Waals surface area (Å²) in [6, 6.07) is 4.56. The highest BCUT2D eigenvalue weighted by molar-refractivity contribution is 7.93. The lowest BCUT2D eigenvalue weighted by Crippen LogP contribution is -2.22. The number of anilines is 2. The average molecular weight is 244 g/mol. The highest BCUT2D eigenvalue weighted by atomic mass is 32.2. The monoisotopic (exact) mass is 244 g/mol. The van der Waals surface area contributed by atoms with Gasteiger partial charge in [-0.15, -0.1) is 0 Å². The molecule has 0 saturated heterocycles. The number of hydrogen-bond donors (Lipinski definition) is 3. The maximum Gasteiger partial charge on any atom is 0.320 e. The maximum atomic E-state index is 11.3. The molecule has 0 radical (unpaired) electrons. The van der Waals surface area contributed by atoms with Crippen LogP contribution in [-0.4, -0.2) is 25.2 Å². The number of carboxylic acid groups (broad SMARTS) is 1. The molecule has 88 valence electrons. The molecule has 0 atom stereocenters. The molecule has 1 aromatic rings. The molecule has 0 aliphatic heterocycles. The van der Waals surface area contributed by atoms with E-state index in [1.165, 1.54) is 12.1 Å². The van der Waals surface area contributed by atoms with Gasteiger partial charge < -0.3 is 10.8 Å². The van der Waals surface area contributed by atoms with Gasteiger partial charge in [-0.3, -0.25) is 9.52 Å². The number of nitrogens with two attached hydrogens (primary N) is 1. The Hall–Kier alpha value is -1.76. The molecule has 7 heteroatoms. The topological polar surface area (TPSA) is 109 Å². The first kappa shape index (κ1) is 12.3. The molecule has 16 heavy (non-hydrogen) atoms. The van der Waals surface area contributed by atoms with Crippen LogP contribution in [0, 0.1) is 6.92 Å². The van der Waals surface area contributed by atoms with Gasteiger partial charge in [-0.1, -0.05) is 0 Å². The number of nitrogen functional groups attached to an aromatic ring is 1. The van der Waals surface area contributed by atoms with Crippen molar-refractivity contribution in [3.63, 3.8) is 0 Å². The summed E-state index contributed by atoms with van der Waals surface area (Å²) >= 11 is 0. The lowest BCUT2D eigenvalue weighted by molar-refractivity contribution is -0.134. The van der Waals surface area contributed by atoms with Crippen LogP contribution in [0.3, 0.4) is 0 Å². The smallest absolute Gasteiger partial charge is 0.320 e. The molecular weight excluding hydrogens is 232 g/mol. The van der Waals surface area contributed by atoms with Crippen molar-refractivity contribution in [3.05, 3.63) is 23.8 Å². The van der Waals surface area contributed by atoms with E-state index in [-0.39, 0.29) is 0 Å². The van der Waals surface area contributed by atoms with Crippen molar-refractivity contribution in [3.8, 4) is 0 Å². The number of carboxylic acids is 1. The summed E-state index contributed by atoms with van der Waals surface area (Å²) in [4.78, 5) is 10.3. The number of rotatable bonds is 4. The van der Waals surface area contributed by atoms with Crippen LogP contribution < -0.4 is 10.5 Å². The Kier molecular flexibility index (Phi) is 3.38. The molecule has 1 rings (SSSR count). The average Bonchev–Trinajstić information content (AvgIpc) is 2.08. The van der Waals surface area contributed by atoms with E-state index < -0.39 is 21.7 Å². The Morgan fingerprint density at radius 3 is 2.62 bits per heavy atom. The molecule has 0 bridgehead atoms. The first-order chi connectivity index (χ1) is 7.30. The van der Waals surface area contributed by atoms with E-state index in [0.29, 0.717) is 11.4 Å². The van der Waals surface area contributed by atoms with Gasteiger partial charge in [-0.2, -0.15) is 0 Å². The largest absolute Gasteiger partial charge is 0.480 e. The maximum absolute atomic E-state index is 11.3. The van der Waals surface area contributed by atoms with Crippen molar-refractivity contribution in [2.24, 2.45) is 0 Å². The molecule has 0 amide bonds. The van der Waals surface area contributed by atoms with Crippen LogP contribution in [0.15, 0.2) is 18.2 Å². The van der Waals surface area contributed by atoms with E-state index in [1.807, 2.05) is 0 Å². The van der Waals surface area contributed by atoms with Gasteiger partial charge in [0.2, 0.25) is 10.0 Å². The third-order valence-corrected chi connectivity index (χ3v) is 3.03. The van der Waals surface area contributed by atoms with Gasteiger partial charge in [0.15, 0.2) is 5.75 Å². The minimum absolute atomic E-state index is 0.299. The van der Waals surface area contributed by atoms with Crippen LogP contribution in [0.25, 0.3) is 0 Å². The van der Waals surface area contributed by atoms with Gasteiger partial charge in [0.05, 0.1) is 0 Å². The van der Waals surface area contributed by atoms with Crippen LogP contribution in [0.4, 0.5) is 11.4 Å². The van der Waals surface area contributed by atoms with Gasteiger partial charge in [0, 0.05) is 11.4 Å². The molecule has 1 aromatic carbocycles. The summed E-state index contributed by atoms with van der Waals surface area (Å²) in [5.41, 5.74) is 7.12. The fourth-order valence-corrected chi connectivity index (χ4v) is 2.00. The standard InChI is InChI=1S/C9H12N2O4S/c1-6-4-7(2-3-8(6)10)11-16(14,15)5-9(12)13/h2-4,11H,5,10H2,1H3,(H,12,13). The van der Waals surface area contributed by atoms with E-state index in [0.717, 1.165) is 5.56 Å². The fourth-order valence-electron chi connectivity index (χ4n) is 1.12. The molecule has 0 fully saturated rings. The van der Waals surface area contributed by atoms with E-state index in [4.69, 9.17) is 10.8 Å². The molecule has 0 spiro atoms. The third-order valence-electron chi connectivity index (χ3n) is 1.86. The van der Waals surface area contributed by atoms with Crippen LogP contribution in [0.5, 0.6) is 0 Å². The summed E-state index contributed by atoms with van der Waals surface area (Å²) in [5.74, 6) is -2.36. The number of carbonyl (C=O) groups is 1. The van der Waals surface area contributed by atoms with Gasteiger partial charge in [0.25, 0.3) is 0 Å². The highest BCUT2D eigenvalue weighted by Gasteiger charge is 2.15. The number of sulfonamides is 1. The molecule has 4 N–H and O–H groups in total. The fraction of sp³-hybridized carbons (Fsp3) is 0.222. The normalized spacial score (nSPS) is 11.1. The first-order valence-electron chi connectivity index (χ1n) is 4.38. The van der Waals surface area contributed by atoms with Crippen molar-refractivity contribution in [2.45, 2.75) is 6.92 Å². The van der Waals surface area contributed by atoms with Crippen LogP contribution in [0.2, 0.25) is 0 Å². The Morgan fingerprint density at radius 1 is 1.50 bits per heavy atom. The summed E-state index contributed by atoms with van der Waals surface area (Å²) in [6.07, 6.45) is 0. The number of benzene rings is 1. The number of aryl methyl sites for hydroxylation is 1. The molecular formula is C9H12N2O4S. The molecule has 0 aromatic heterocycles. The Morgan fingerprint density at radius 2 is 2.12 bits per heavy atom. The number of hydrogen-bond acceptors (Lipinski definition) is 4. The van der Waals surface area contributed by atoms with Gasteiger partial charge >= 0.3 is 5.97 Å². The Labute approximate surface area is 93.1 Å². The van der Waals surface area contributed by atoms with E-state index in [1.54, 1.807) is 13.0 Å². The van der Waals surface area contributed by atoms with Gasteiger partial charge in [0.1, 0.15) is 0 Å². The zero-order chi connectivity index (χ0) is 12.3. The molecule has 0 unspecified atom stereocenters. The predicted molar refractivity (Wildman–Crippen MR) is 60.6 cm³/mol. The second kappa shape index (κ2) is 4.40. The number of nitrogens with one attached hydrogen (secondary N) is 1. The minimum Gasteiger partial charge on any atom is -0.480 e. The predicted octanol–water partition coefficient (Wildman–Crippen LogP) is 0.404. The Bertz CT molecular complexity index is 510. The molecule has 0 heterocycles. The zero-order valence-electron chi connectivity index (χ0n) is 8.60. The molecule has 0 aliphatic rings. The van der Waals surface area contributed by atoms with Crippen LogP contribution in [0.1, 0.15) is 5.56 Å². The van der Waals surface area contributed by atoms with E-state index in [9.17, 15) is 13.2 Å². The van der Waals surface area contributed by atoms with Crippen LogP contribution >= 0.6 is 0 Å². The lowest BCUT2D eigenvalue weighted by atomic mass is 10.2. The quantitative estimate of drug-likeness (QED) is 0.664. The third kappa shape index (κ3) is 3.43. The minimum atomic E-state index is -3.85. The van der Waals surface area contributed by atoms with Gasteiger partial charge in [-0.25, -0.2) is 8.42 Å². The molecule has 0 aliphatic carbocycles. The molecule has 0 saturated carbocycles. The highest BCUT2D eigenvalue weighted by Crippen LogP contribution is 2.17. The first-order valence-corrected chi connectivity index (χ1v) is 6.04. The van der Waals surface area contributed by atoms with Crippen molar-refractivity contribution in [1.82, 2.24) is 0 Å². The zero-order valence-corrected chi connectivity index (χ0v) is 9.41. The summed E-state index contributed by atoms with van der Waals surface area (Å²) in [6.45, 7) is 1.73. The summed E-state index contributed by atoms with van der Waals surface area (Å²) < 4.78 is 24.7. The van der Waals surface area contributed by atoms with Crippen molar-refractivity contribution in [1.29, 1.82) is 0 Å². The van der Waals surface area contributed by atoms with Crippen molar-refractivity contribution in [2.75, 3.05) is 16.2 Å². The van der Waals surface area contributed by atoms with E-state index in [2.05, 4.69) is 4.72 Å². The molecule has 6 nitrogen and oxygen atoms in total. The summed E-state index contributed by atoms with van der Waals surface area (Å²) in [7, 11) is -3.85. The number of aliphatic carboxylic acids is 1. The second-order valence-electron chi connectivity index (χ2n) is 3.33. The van der Waals surface area contributed by atoms with Crippen molar-refractivity contribution < 1.29 is 18.3 Å². The van der Waals surface area contributed by atoms with Gasteiger partial charge in [-0.05, 0) is 30.7 Å². The van der Waals surface area contributed by atoms with E-state index >= 15 is 0 Å². The Balaban J connectivity index is 2.88. The van der Waals surface area contributed by atoms with Crippen LogP contribution in [-0.2, 0) is 14.8 Å². The SMILES string of the molecule is Cc1cc(NS(=O)(=O)CC(=O)O)ccc1N.